The number of methoxy groups -OCH3 is 1. The molecular weight excluding hydrogens is 448 g/mol. The molecule has 0 amide bonds. The Morgan fingerprint density at radius 1 is 1.07 bits per heavy atom. The molecule has 2 aromatic carbocycles. The first-order valence-corrected chi connectivity index (χ1v) is 11.3. The molecule has 1 saturated carbocycles. The molecule has 30 heavy (non-hydrogen) atoms. The molecule has 0 aromatic heterocycles. The van der Waals surface area contributed by atoms with Crippen LogP contribution in [0.15, 0.2) is 40.9 Å². The number of rotatable bonds is 8. The Balaban J connectivity index is 1.72. The topological polar surface area (TPSA) is 73.6 Å². The van der Waals surface area contributed by atoms with Gasteiger partial charge in [0.1, 0.15) is 6.61 Å². The molecule has 6 nitrogen and oxygen atoms in total. The highest BCUT2D eigenvalue weighted by atomic mass is 79.9. The molecule has 0 bridgehead atoms. The summed E-state index contributed by atoms with van der Waals surface area (Å²) in [6.07, 6.45) is 8.98. The SMILES string of the molecule is COc1ccc(Br)c(CNC2CCCCCCC2)c1OCc1ccc([N+](=O)[O-])cc1. The van der Waals surface area contributed by atoms with E-state index in [0.29, 0.717) is 30.7 Å². The van der Waals surface area contributed by atoms with Gasteiger partial charge in [-0.25, -0.2) is 0 Å². The van der Waals surface area contributed by atoms with Crippen molar-refractivity contribution in [2.75, 3.05) is 7.11 Å². The van der Waals surface area contributed by atoms with Crippen LogP contribution >= 0.6 is 15.9 Å². The van der Waals surface area contributed by atoms with Crippen LogP contribution in [0.25, 0.3) is 0 Å². The number of nitrogens with one attached hydrogen (secondary N) is 1. The summed E-state index contributed by atoms with van der Waals surface area (Å²) in [6.45, 7) is 0.999. The zero-order chi connectivity index (χ0) is 21.3. The maximum absolute atomic E-state index is 10.8. The van der Waals surface area contributed by atoms with E-state index in [-0.39, 0.29) is 5.69 Å². The van der Waals surface area contributed by atoms with Crippen LogP contribution in [-0.4, -0.2) is 18.1 Å². The monoisotopic (exact) mass is 476 g/mol. The average Bonchev–Trinajstić information content (AvgIpc) is 2.72. The first kappa shape index (κ1) is 22.6. The van der Waals surface area contributed by atoms with E-state index in [1.165, 1.54) is 57.1 Å². The van der Waals surface area contributed by atoms with E-state index in [1.807, 2.05) is 12.1 Å². The van der Waals surface area contributed by atoms with Gasteiger partial charge in [0.05, 0.1) is 12.0 Å². The maximum Gasteiger partial charge on any atom is 0.269 e. The number of hydrogen-bond acceptors (Lipinski definition) is 5. The van der Waals surface area contributed by atoms with Gasteiger partial charge in [-0.2, -0.15) is 0 Å². The van der Waals surface area contributed by atoms with Crippen molar-refractivity contribution >= 4 is 21.6 Å². The third kappa shape index (κ3) is 6.19. The Morgan fingerprint density at radius 2 is 1.73 bits per heavy atom. The van der Waals surface area contributed by atoms with Crippen LogP contribution in [0, 0.1) is 10.1 Å². The van der Waals surface area contributed by atoms with Crippen molar-refractivity contribution in [2.24, 2.45) is 0 Å². The van der Waals surface area contributed by atoms with Gasteiger partial charge in [0.2, 0.25) is 0 Å². The number of non-ortho nitro benzene ring substituents is 1. The summed E-state index contributed by atoms with van der Waals surface area (Å²) in [5.74, 6) is 1.37. The molecule has 1 aliphatic carbocycles. The third-order valence-electron chi connectivity index (χ3n) is 5.59. The fourth-order valence-electron chi connectivity index (χ4n) is 3.84. The Kier molecular flexibility index (Phi) is 8.51. The lowest BCUT2D eigenvalue weighted by Crippen LogP contribution is -2.29. The summed E-state index contributed by atoms with van der Waals surface area (Å²) >= 11 is 3.66. The summed E-state index contributed by atoms with van der Waals surface area (Å²) in [6, 6.07) is 10.8. The van der Waals surface area contributed by atoms with Gasteiger partial charge in [-0.15, -0.1) is 0 Å². The standard InChI is InChI=1S/C23H29BrN2O4/c1-29-22-14-13-21(24)20(15-25-18-7-5-3-2-4-6-8-18)23(22)30-16-17-9-11-19(12-10-17)26(27)28/h9-14,18,25H,2-8,15-16H2,1H3. The average molecular weight is 477 g/mol. The van der Waals surface area contributed by atoms with E-state index in [1.54, 1.807) is 19.2 Å². The number of hydrogen-bond donors (Lipinski definition) is 1. The number of nitro benzene ring substituents is 1. The lowest BCUT2D eigenvalue weighted by atomic mass is 9.96. The van der Waals surface area contributed by atoms with E-state index >= 15 is 0 Å². The minimum atomic E-state index is -0.402. The van der Waals surface area contributed by atoms with Gasteiger partial charge >= 0.3 is 0 Å². The fourth-order valence-corrected chi connectivity index (χ4v) is 4.29. The molecule has 7 heteroatoms. The van der Waals surface area contributed by atoms with Crippen molar-refractivity contribution in [3.05, 3.63) is 62.1 Å². The van der Waals surface area contributed by atoms with Crippen molar-refractivity contribution in [2.45, 2.75) is 64.1 Å². The largest absolute Gasteiger partial charge is 0.493 e. The number of nitrogens with zero attached hydrogens (tertiary/aromatic N) is 1. The van der Waals surface area contributed by atoms with E-state index < -0.39 is 4.92 Å². The van der Waals surface area contributed by atoms with Crippen LogP contribution in [-0.2, 0) is 13.2 Å². The summed E-state index contributed by atoms with van der Waals surface area (Å²) in [7, 11) is 1.63. The Labute approximate surface area is 186 Å². The van der Waals surface area contributed by atoms with Crippen LogP contribution in [0.4, 0.5) is 5.69 Å². The van der Waals surface area contributed by atoms with Crippen LogP contribution in [0.5, 0.6) is 11.5 Å². The lowest BCUT2D eigenvalue weighted by Gasteiger charge is -2.23. The summed E-state index contributed by atoms with van der Waals surface area (Å²) in [5, 5.41) is 14.6. The number of halogens is 1. The number of nitro groups is 1. The number of benzene rings is 2. The fraction of sp³-hybridized carbons (Fsp3) is 0.478. The van der Waals surface area contributed by atoms with Gasteiger partial charge in [0.15, 0.2) is 11.5 Å². The van der Waals surface area contributed by atoms with Crippen molar-refractivity contribution in [3.8, 4) is 11.5 Å². The van der Waals surface area contributed by atoms with Gasteiger partial charge in [-0.05, 0) is 42.7 Å². The second-order valence-corrected chi connectivity index (χ2v) is 8.55. The molecule has 0 heterocycles. The molecule has 1 N–H and O–H groups in total. The molecule has 1 fully saturated rings. The van der Waals surface area contributed by atoms with Crippen molar-refractivity contribution in [1.29, 1.82) is 0 Å². The predicted molar refractivity (Wildman–Crippen MR) is 121 cm³/mol. The van der Waals surface area contributed by atoms with Crippen molar-refractivity contribution < 1.29 is 14.4 Å². The Bertz CT molecular complexity index is 834. The zero-order valence-electron chi connectivity index (χ0n) is 17.4. The van der Waals surface area contributed by atoms with E-state index in [0.717, 1.165) is 15.6 Å². The van der Waals surface area contributed by atoms with Crippen LogP contribution in [0.3, 0.4) is 0 Å². The summed E-state index contributed by atoms with van der Waals surface area (Å²) in [4.78, 5) is 10.4. The molecule has 1 aliphatic rings. The maximum atomic E-state index is 10.8. The first-order chi connectivity index (χ1) is 14.6. The van der Waals surface area contributed by atoms with E-state index in [2.05, 4.69) is 21.2 Å². The second-order valence-electron chi connectivity index (χ2n) is 7.69. The minimum Gasteiger partial charge on any atom is -0.493 e. The van der Waals surface area contributed by atoms with Gasteiger partial charge < -0.3 is 14.8 Å². The highest BCUT2D eigenvalue weighted by Gasteiger charge is 2.17. The predicted octanol–water partition coefficient (Wildman–Crippen LogP) is 6.15. The second kappa shape index (κ2) is 11.3. The molecule has 0 atom stereocenters. The van der Waals surface area contributed by atoms with Gasteiger partial charge in [-0.3, -0.25) is 10.1 Å². The molecule has 0 aliphatic heterocycles. The highest BCUT2D eigenvalue weighted by Crippen LogP contribution is 2.37. The normalized spacial score (nSPS) is 15.3. The Hall–Kier alpha value is -2.12. The van der Waals surface area contributed by atoms with Crippen LogP contribution in [0.2, 0.25) is 0 Å². The quantitative estimate of drug-likeness (QED) is 0.365. The molecule has 0 unspecified atom stereocenters. The Morgan fingerprint density at radius 3 is 2.37 bits per heavy atom. The van der Waals surface area contributed by atoms with Crippen LogP contribution in [0.1, 0.15) is 56.1 Å². The van der Waals surface area contributed by atoms with Gasteiger partial charge in [0.25, 0.3) is 5.69 Å². The molecule has 0 radical (unpaired) electrons. The minimum absolute atomic E-state index is 0.0721. The zero-order valence-corrected chi connectivity index (χ0v) is 18.9. The first-order valence-electron chi connectivity index (χ1n) is 10.5. The molecule has 0 spiro atoms. The molecular formula is C23H29BrN2O4. The van der Waals surface area contributed by atoms with Gasteiger partial charge in [0, 0.05) is 34.8 Å². The van der Waals surface area contributed by atoms with Gasteiger partial charge in [-0.1, -0.05) is 48.0 Å². The summed E-state index contributed by atoms with van der Waals surface area (Å²) < 4.78 is 12.7. The highest BCUT2D eigenvalue weighted by molar-refractivity contribution is 9.10. The third-order valence-corrected chi connectivity index (χ3v) is 6.33. The smallest absolute Gasteiger partial charge is 0.269 e. The van der Waals surface area contributed by atoms with E-state index in [4.69, 9.17) is 9.47 Å². The molecule has 3 rings (SSSR count). The summed E-state index contributed by atoms with van der Waals surface area (Å²) in [5.41, 5.74) is 1.96. The van der Waals surface area contributed by atoms with E-state index in [9.17, 15) is 10.1 Å². The molecule has 2 aromatic rings. The van der Waals surface area contributed by atoms with Crippen molar-refractivity contribution in [3.63, 3.8) is 0 Å². The number of ether oxygens (including phenoxy) is 2. The lowest BCUT2D eigenvalue weighted by molar-refractivity contribution is -0.384. The van der Waals surface area contributed by atoms with Crippen molar-refractivity contribution in [1.82, 2.24) is 5.32 Å². The van der Waals surface area contributed by atoms with Crippen LogP contribution < -0.4 is 14.8 Å². The molecule has 0 saturated heterocycles. The molecule has 162 valence electrons.